The van der Waals surface area contributed by atoms with Crippen molar-refractivity contribution in [3.8, 4) is 0 Å². The van der Waals surface area contributed by atoms with Gasteiger partial charge in [-0.3, -0.25) is 0 Å². The molecule has 1 N–H and O–H groups in total. The minimum absolute atomic E-state index is 0.162. The van der Waals surface area contributed by atoms with Crippen molar-refractivity contribution in [1.29, 1.82) is 0 Å². The van der Waals surface area contributed by atoms with Crippen molar-refractivity contribution in [1.82, 2.24) is 0 Å². The monoisotopic (exact) mass is 180 g/mol. The number of aliphatic hydroxyl groups excluding tert-OH is 1. The van der Waals surface area contributed by atoms with E-state index in [0.29, 0.717) is 5.92 Å². The van der Waals surface area contributed by atoms with Crippen LogP contribution in [0, 0.1) is 6.92 Å². The summed E-state index contributed by atoms with van der Waals surface area (Å²) in [6.07, 6.45) is 7.81. The predicted molar refractivity (Wildman–Crippen MR) is 50.7 cm³/mol. The highest BCUT2D eigenvalue weighted by atomic mass is 16.3. The summed E-state index contributed by atoms with van der Waals surface area (Å²) in [6.45, 7) is 2.04. The van der Waals surface area contributed by atoms with Crippen LogP contribution in [0.4, 0.5) is 0 Å². The van der Waals surface area contributed by atoms with E-state index in [9.17, 15) is 5.11 Å². The molecule has 0 bridgehead atoms. The number of hydrogen-bond donors (Lipinski definition) is 1. The molecule has 13 heavy (non-hydrogen) atoms. The summed E-state index contributed by atoms with van der Waals surface area (Å²) < 4.78 is 5.14. The van der Waals surface area contributed by atoms with Crippen LogP contribution in [-0.4, -0.2) is 11.2 Å². The molecule has 1 fully saturated rings. The van der Waals surface area contributed by atoms with Crippen LogP contribution in [-0.2, 0) is 0 Å². The van der Waals surface area contributed by atoms with Crippen molar-refractivity contribution in [2.24, 2.45) is 0 Å². The molecule has 0 amide bonds. The third-order valence-electron chi connectivity index (χ3n) is 3.02. The van der Waals surface area contributed by atoms with E-state index >= 15 is 0 Å². The Labute approximate surface area is 78.6 Å². The average Bonchev–Trinajstić information content (AvgIpc) is 2.52. The highest BCUT2D eigenvalue weighted by molar-refractivity contribution is 5.25. The second-order valence-corrected chi connectivity index (χ2v) is 3.97. The quantitative estimate of drug-likeness (QED) is 0.720. The van der Waals surface area contributed by atoms with Crippen molar-refractivity contribution >= 4 is 0 Å². The summed E-state index contributed by atoms with van der Waals surface area (Å²) >= 11 is 0. The van der Waals surface area contributed by atoms with Gasteiger partial charge in [-0.1, -0.05) is 12.8 Å². The van der Waals surface area contributed by atoms with E-state index < -0.39 is 0 Å². The van der Waals surface area contributed by atoms with Gasteiger partial charge in [0, 0.05) is 5.92 Å². The summed E-state index contributed by atoms with van der Waals surface area (Å²) in [5.74, 6) is 0.312. The molecule has 72 valence electrons. The SMILES string of the molecule is Cc1cocc1[C@@H]1CCCC[C@H]1O. The van der Waals surface area contributed by atoms with E-state index in [4.69, 9.17) is 4.42 Å². The van der Waals surface area contributed by atoms with Gasteiger partial charge in [0.1, 0.15) is 0 Å². The van der Waals surface area contributed by atoms with Gasteiger partial charge in [0.2, 0.25) is 0 Å². The fraction of sp³-hybridized carbons (Fsp3) is 0.636. The van der Waals surface area contributed by atoms with E-state index in [1.807, 2.05) is 6.92 Å². The van der Waals surface area contributed by atoms with Gasteiger partial charge in [-0.25, -0.2) is 0 Å². The second-order valence-electron chi connectivity index (χ2n) is 3.97. The highest BCUT2D eigenvalue weighted by Crippen LogP contribution is 2.34. The molecular weight excluding hydrogens is 164 g/mol. The number of rotatable bonds is 1. The normalized spacial score (nSPS) is 29.1. The summed E-state index contributed by atoms with van der Waals surface area (Å²) in [6, 6.07) is 0. The van der Waals surface area contributed by atoms with E-state index in [-0.39, 0.29) is 6.10 Å². The molecule has 2 rings (SSSR count). The molecule has 1 aliphatic rings. The maximum atomic E-state index is 9.82. The Hall–Kier alpha value is -0.760. The zero-order valence-electron chi connectivity index (χ0n) is 7.99. The molecule has 0 radical (unpaired) electrons. The van der Waals surface area contributed by atoms with Crippen LogP contribution in [0.15, 0.2) is 16.9 Å². The Bertz CT molecular complexity index is 277. The lowest BCUT2D eigenvalue weighted by Crippen LogP contribution is -2.22. The first-order valence-electron chi connectivity index (χ1n) is 5.00. The number of hydrogen-bond acceptors (Lipinski definition) is 2. The number of furan rings is 1. The highest BCUT2D eigenvalue weighted by Gasteiger charge is 2.26. The zero-order chi connectivity index (χ0) is 9.26. The van der Waals surface area contributed by atoms with E-state index in [2.05, 4.69) is 0 Å². The smallest absolute Gasteiger partial charge is 0.0941 e. The lowest BCUT2D eigenvalue weighted by atomic mass is 9.81. The first kappa shape index (κ1) is 8.82. The third-order valence-corrected chi connectivity index (χ3v) is 3.02. The largest absolute Gasteiger partial charge is 0.472 e. The minimum Gasteiger partial charge on any atom is -0.472 e. The van der Waals surface area contributed by atoms with Gasteiger partial charge in [0.05, 0.1) is 18.6 Å². The van der Waals surface area contributed by atoms with Crippen molar-refractivity contribution < 1.29 is 9.52 Å². The molecule has 0 unspecified atom stereocenters. The second kappa shape index (κ2) is 3.54. The predicted octanol–water partition coefficient (Wildman–Crippen LogP) is 2.61. The first-order chi connectivity index (χ1) is 6.29. The van der Waals surface area contributed by atoms with Gasteiger partial charge in [0.15, 0.2) is 0 Å². The molecule has 1 aromatic rings. The Morgan fingerprint density at radius 1 is 1.31 bits per heavy atom. The van der Waals surface area contributed by atoms with E-state index in [1.54, 1.807) is 12.5 Å². The summed E-state index contributed by atoms with van der Waals surface area (Å²) in [5, 5.41) is 9.82. The Morgan fingerprint density at radius 3 is 2.69 bits per heavy atom. The maximum Gasteiger partial charge on any atom is 0.0941 e. The van der Waals surface area contributed by atoms with Gasteiger partial charge < -0.3 is 9.52 Å². The van der Waals surface area contributed by atoms with E-state index in [0.717, 1.165) is 19.3 Å². The summed E-state index contributed by atoms with van der Waals surface area (Å²) in [5.41, 5.74) is 2.37. The molecule has 2 atom stereocenters. The van der Waals surface area contributed by atoms with Crippen molar-refractivity contribution in [2.75, 3.05) is 0 Å². The topological polar surface area (TPSA) is 33.4 Å². The average molecular weight is 180 g/mol. The van der Waals surface area contributed by atoms with Crippen LogP contribution >= 0.6 is 0 Å². The molecule has 1 aromatic heterocycles. The molecule has 0 aromatic carbocycles. The minimum atomic E-state index is -0.162. The van der Waals surface area contributed by atoms with Gasteiger partial charge in [-0.15, -0.1) is 0 Å². The Balaban J connectivity index is 2.19. The van der Waals surface area contributed by atoms with Crippen LogP contribution in [0.1, 0.15) is 42.7 Å². The van der Waals surface area contributed by atoms with Crippen LogP contribution < -0.4 is 0 Å². The van der Waals surface area contributed by atoms with Crippen molar-refractivity contribution in [2.45, 2.75) is 44.6 Å². The van der Waals surface area contributed by atoms with Gasteiger partial charge in [-0.2, -0.15) is 0 Å². The maximum absolute atomic E-state index is 9.82. The molecule has 1 saturated carbocycles. The molecule has 0 aliphatic heterocycles. The van der Waals surface area contributed by atoms with Gasteiger partial charge >= 0.3 is 0 Å². The van der Waals surface area contributed by atoms with E-state index in [1.165, 1.54) is 17.5 Å². The van der Waals surface area contributed by atoms with Crippen molar-refractivity contribution in [3.05, 3.63) is 23.7 Å². The van der Waals surface area contributed by atoms with Gasteiger partial charge in [-0.05, 0) is 30.9 Å². The standard InChI is InChI=1S/C11H16O2/c1-8-6-13-7-10(8)9-4-2-3-5-11(9)12/h6-7,9,11-12H,2-5H2,1H3/t9-,11+/m0/s1. The number of aliphatic hydroxyl groups is 1. The van der Waals surface area contributed by atoms with Crippen LogP contribution in [0.5, 0.6) is 0 Å². The van der Waals surface area contributed by atoms with Crippen molar-refractivity contribution in [3.63, 3.8) is 0 Å². The summed E-state index contributed by atoms with van der Waals surface area (Å²) in [7, 11) is 0. The van der Waals surface area contributed by atoms with Crippen LogP contribution in [0.25, 0.3) is 0 Å². The van der Waals surface area contributed by atoms with Gasteiger partial charge in [0.25, 0.3) is 0 Å². The molecule has 2 nitrogen and oxygen atoms in total. The Kier molecular flexibility index (Phi) is 2.40. The fourth-order valence-electron chi connectivity index (χ4n) is 2.22. The molecular formula is C11H16O2. The lowest BCUT2D eigenvalue weighted by Gasteiger charge is -2.27. The fourth-order valence-corrected chi connectivity index (χ4v) is 2.22. The molecule has 2 heteroatoms. The Morgan fingerprint density at radius 2 is 2.08 bits per heavy atom. The molecule has 0 spiro atoms. The molecule has 1 heterocycles. The lowest BCUT2D eigenvalue weighted by molar-refractivity contribution is 0.106. The van der Waals surface area contributed by atoms with Crippen LogP contribution in [0.3, 0.4) is 0 Å². The third kappa shape index (κ3) is 1.63. The molecule has 1 aliphatic carbocycles. The first-order valence-corrected chi connectivity index (χ1v) is 5.00. The molecule has 0 saturated heterocycles. The summed E-state index contributed by atoms with van der Waals surface area (Å²) in [4.78, 5) is 0. The zero-order valence-corrected chi connectivity index (χ0v) is 7.99. The number of aryl methyl sites for hydroxylation is 1. The van der Waals surface area contributed by atoms with Crippen LogP contribution in [0.2, 0.25) is 0 Å².